The van der Waals surface area contributed by atoms with Crippen molar-refractivity contribution < 1.29 is 9.59 Å². The number of aryl methyl sites for hydroxylation is 1. The predicted molar refractivity (Wildman–Crippen MR) is 109 cm³/mol. The molecule has 2 amide bonds. The molecule has 4 rings (SSSR count). The van der Waals surface area contributed by atoms with Gasteiger partial charge in [0, 0.05) is 18.4 Å². The van der Waals surface area contributed by atoms with Gasteiger partial charge in [0.15, 0.2) is 0 Å². The molecule has 1 aromatic carbocycles. The number of carbonyl (C=O) groups is 2. The first-order chi connectivity index (χ1) is 13.1. The zero-order chi connectivity index (χ0) is 18.8. The third-order valence-corrected chi connectivity index (χ3v) is 6.27. The molecule has 1 saturated carbocycles. The Morgan fingerprint density at radius 3 is 2.56 bits per heavy atom. The second-order valence-electron chi connectivity index (χ2n) is 7.44. The molecule has 2 heterocycles. The van der Waals surface area contributed by atoms with Crippen LogP contribution in [-0.4, -0.2) is 20.6 Å². The minimum absolute atomic E-state index is 0.196. The van der Waals surface area contributed by atoms with Crippen molar-refractivity contribution in [3.8, 4) is 0 Å². The molecule has 0 atom stereocenters. The van der Waals surface area contributed by atoms with Crippen LogP contribution in [0.2, 0.25) is 0 Å². The van der Waals surface area contributed by atoms with E-state index in [2.05, 4.69) is 17.0 Å². The highest BCUT2D eigenvalue weighted by molar-refractivity contribution is 8.18. The lowest BCUT2D eigenvalue weighted by molar-refractivity contribution is -0.123. The molecule has 140 valence electrons. The van der Waals surface area contributed by atoms with E-state index in [0.717, 1.165) is 28.5 Å². The van der Waals surface area contributed by atoms with Crippen molar-refractivity contribution in [2.75, 3.05) is 0 Å². The van der Waals surface area contributed by atoms with E-state index in [1.54, 1.807) is 0 Å². The first-order valence-corrected chi connectivity index (χ1v) is 10.4. The molecule has 1 aliphatic heterocycles. The zero-order valence-electron chi connectivity index (χ0n) is 15.6. The van der Waals surface area contributed by atoms with Gasteiger partial charge in [-0.25, -0.2) is 0 Å². The number of hydrogen-bond donors (Lipinski definition) is 0. The van der Waals surface area contributed by atoms with E-state index >= 15 is 0 Å². The molecule has 27 heavy (non-hydrogen) atoms. The number of amides is 2. The lowest BCUT2D eigenvalue weighted by Gasteiger charge is -2.23. The summed E-state index contributed by atoms with van der Waals surface area (Å²) in [6.07, 6.45) is 12.4. The van der Waals surface area contributed by atoms with E-state index in [0.29, 0.717) is 17.5 Å². The second kappa shape index (κ2) is 7.77. The van der Waals surface area contributed by atoms with Crippen LogP contribution in [0.15, 0.2) is 47.6 Å². The van der Waals surface area contributed by atoms with Crippen LogP contribution in [-0.2, 0) is 11.3 Å². The summed E-state index contributed by atoms with van der Waals surface area (Å²) in [5.41, 5.74) is 3.12. The van der Waals surface area contributed by atoms with E-state index < -0.39 is 0 Å². The standard InChI is InChI=1S/C22H24N2O2S/c1-16-7-9-17(10-8-16)15-24-21(25)20(27-22(24)26)13-18-11-12-23(14-18)19-5-3-2-4-6-19/h7-14,19H,2-6,15H2,1H3/b20-13+. The lowest BCUT2D eigenvalue weighted by atomic mass is 9.95. The van der Waals surface area contributed by atoms with E-state index in [1.807, 2.05) is 43.3 Å². The molecule has 0 spiro atoms. The summed E-state index contributed by atoms with van der Waals surface area (Å²) in [7, 11) is 0. The average molecular weight is 381 g/mol. The van der Waals surface area contributed by atoms with Gasteiger partial charge in [-0.3, -0.25) is 14.5 Å². The largest absolute Gasteiger partial charge is 0.351 e. The molecule has 0 bridgehead atoms. The average Bonchev–Trinajstić information content (AvgIpc) is 3.25. The van der Waals surface area contributed by atoms with Gasteiger partial charge in [0.2, 0.25) is 0 Å². The van der Waals surface area contributed by atoms with Crippen LogP contribution in [0.25, 0.3) is 6.08 Å². The summed E-state index contributed by atoms with van der Waals surface area (Å²) in [5, 5.41) is -0.196. The summed E-state index contributed by atoms with van der Waals surface area (Å²) < 4.78 is 2.27. The molecular weight excluding hydrogens is 356 g/mol. The van der Waals surface area contributed by atoms with Crippen LogP contribution in [0, 0.1) is 6.92 Å². The van der Waals surface area contributed by atoms with Gasteiger partial charge < -0.3 is 4.57 Å². The molecule has 0 radical (unpaired) electrons. The van der Waals surface area contributed by atoms with Crippen LogP contribution in [0.4, 0.5) is 4.79 Å². The van der Waals surface area contributed by atoms with E-state index in [9.17, 15) is 9.59 Å². The van der Waals surface area contributed by atoms with E-state index in [1.165, 1.54) is 37.0 Å². The first-order valence-electron chi connectivity index (χ1n) is 9.58. The highest BCUT2D eigenvalue weighted by atomic mass is 32.2. The Hall–Kier alpha value is -2.27. The summed E-state index contributed by atoms with van der Waals surface area (Å²) in [4.78, 5) is 26.9. The Morgan fingerprint density at radius 2 is 1.81 bits per heavy atom. The number of nitrogens with zero attached hydrogens (tertiary/aromatic N) is 2. The molecule has 5 heteroatoms. The molecule has 1 saturated heterocycles. The number of hydrogen-bond acceptors (Lipinski definition) is 3. The third kappa shape index (κ3) is 4.03. The molecule has 2 aliphatic rings. The maximum atomic E-state index is 12.7. The van der Waals surface area contributed by atoms with Crippen LogP contribution in [0.3, 0.4) is 0 Å². The van der Waals surface area contributed by atoms with Crippen molar-refractivity contribution in [1.29, 1.82) is 0 Å². The molecular formula is C22H24N2O2S. The Labute approximate surface area is 164 Å². The number of thioether (sulfide) groups is 1. The van der Waals surface area contributed by atoms with Gasteiger partial charge >= 0.3 is 0 Å². The fraction of sp³-hybridized carbons (Fsp3) is 0.364. The Balaban J connectivity index is 1.47. The minimum Gasteiger partial charge on any atom is -0.351 e. The molecule has 4 nitrogen and oxygen atoms in total. The van der Waals surface area contributed by atoms with Gasteiger partial charge in [0.05, 0.1) is 11.4 Å². The number of aromatic nitrogens is 1. The molecule has 2 fully saturated rings. The Bertz CT molecular complexity index is 876. The minimum atomic E-state index is -0.198. The summed E-state index contributed by atoms with van der Waals surface area (Å²) in [6, 6.07) is 10.5. The lowest BCUT2D eigenvalue weighted by Crippen LogP contribution is -2.27. The number of rotatable bonds is 4. The van der Waals surface area contributed by atoms with Crippen molar-refractivity contribution in [2.24, 2.45) is 0 Å². The monoisotopic (exact) mass is 380 g/mol. The van der Waals surface area contributed by atoms with Crippen LogP contribution >= 0.6 is 11.8 Å². The fourth-order valence-corrected chi connectivity index (χ4v) is 4.62. The maximum Gasteiger partial charge on any atom is 0.293 e. The van der Waals surface area contributed by atoms with Crippen molar-refractivity contribution in [3.63, 3.8) is 0 Å². The Kier molecular flexibility index (Phi) is 5.21. The van der Waals surface area contributed by atoms with E-state index in [4.69, 9.17) is 0 Å². The van der Waals surface area contributed by atoms with Gasteiger partial charge in [-0.1, -0.05) is 49.1 Å². The van der Waals surface area contributed by atoms with E-state index in [-0.39, 0.29) is 11.1 Å². The number of benzene rings is 1. The number of imide groups is 1. The normalized spacial score (nSPS) is 20.0. The van der Waals surface area contributed by atoms with Gasteiger partial charge in [-0.15, -0.1) is 0 Å². The van der Waals surface area contributed by atoms with Gasteiger partial charge in [-0.05, 0) is 54.8 Å². The van der Waals surface area contributed by atoms with Crippen LogP contribution in [0.1, 0.15) is 54.8 Å². The smallest absolute Gasteiger partial charge is 0.293 e. The molecule has 0 unspecified atom stereocenters. The number of carbonyl (C=O) groups excluding carboxylic acids is 2. The summed E-state index contributed by atoms with van der Waals surface area (Å²) in [6.45, 7) is 2.34. The van der Waals surface area contributed by atoms with Crippen molar-refractivity contribution in [1.82, 2.24) is 9.47 Å². The van der Waals surface area contributed by atoms with Crippen LogP contribution < -0.4 is 0 Å². The highest BCUT2D eigenvalue weighted by Crippen LogP contribution is 2.34. The quantitative estimate of drug-likeness (QED) is 0.654. The molecule has 1 aliphatic carbocycles. The van der Waals surface area contributed by atoms with Gasteiger partial charge in [-0.2, -0.15) is 0 Å². The van der Waals surface area contributed by atoms with Crippen molar-refractivity contribution >= 4 is 29.0 Å². The molecule has 0 N–H and O–H groups in total. The Morgan fingerprint density at radius 1 is 1.07 bits per heavy atom. The topological polar surface area (TPSA) is 42.3 Å². The second-order valence-corrected chi connectivity index (χ2v) is 8.43. The fourth-order valence-electron chi connectivity index (χ4n) is 3.79. The summed E-state index contributed by atoms with van der Waals surface area (Å²) >= 11 is 1.03. The summed E-state index contributed by atoms with van der Waals surface area (Å²) in [5.74, 6) is -0.198. The molecule has 2 aromatic rings. The zero-order valence-corrected chi connectivity index (χ0v) is 16.4. The highest BCUT2D eigenvalue weighted by Gasteiger charge is 2.35. The first kappa shape index (κ1) is 18.1. The van der Waals surface area contributed by atoms with Gasteiger partial charge in [0.1, 0.15) is 0 Å². The predicted octanol–water partition coefficient (Wildman–Crippen LogP) is 5.54. The van der Waals surface area contributed by atoms with Crippen LogP contribution in [0.5, 0.6) is 0 Å². The van der Waals surface area contributed by atoms with Crippen molar-refractivity contribution in [3.05, 3.63) is 64.3 Å². The third-order valence-electron chi connectivity index (χ3n) is 5.37. The van der Waals surface area contributed by atoms with Gasteiger partial charge in [0.25, 0.3) is 11.1 Å². The molecule has 1 aromatic heterocycles. The SMILES string of the molecule is Cc1ccc(CN2C(=O)S/C(=C/c3ccn(C4CCCCC4)c3)C2=O)cc1. The maximum absolute atomic E-state index is 12.7. The van der Waals surface area contributed by atoms with Crippen molar-refractivity contribution in [2.45, 2.75) is 51.6 Å².